The molecule has 0 N–H and O–H groups in total. The average Bonchev–Trinajstić information content (AvgIpc) is 3.05. The van der Waals surface area contributed by atoms with Gasteiger partial charge in [-0.15, -0.1) is 11.3 Å². The van der Waals surface area contributed by atoms with Gasteiger partial charge in [0.1, 0.15) is 10.6 Å². The van der Waals surface area contributed by atoms with Crippen molar-refractivity contribution in [2.75, 3.05) is 18.0 Å². The third-order valence-electron chi connectivity index (χ3n) is 5.03. The molecule has 0 spiro atoms. The second-order valence-corrected chi connectivity index (χ2v) is 8.17. The SMILES string of the molecule is CCc1cc2c(N3CCC(Cc4ccccc4)CC3)nc(Cl)nc2s1. The maximum Gasteiger partial charge on any atom is 0.225 e. The van der Waals surface area contributed by atoms with Crippen LogP contribution in [0.3, 0.4) is 0 Å². The van der Waals surface area contributed by atoms with E-state index in [9.17, 15) is 0 Å². The fourth-order valence-corrected chi connectivity index (χ4v) is 4.82. The average molecular weight is 372 g/mol. The maximum absolute atomic E-state index is 6.19. The summed E-state index contributed by atoms with van der Waals surface area (Å²) >= 11 is 7.92. The van der Waals surface area contributed by atoms with Crippen LogP contribution in [0.15, 0.2) is 36.4 Å². The lowest BCUT2D eigenvalue weighted by Crippen LogP contribution is -2.35. The molecule has 3 aromatic rings. The van der Waals surface area contributed by atoms with Crippen molar-refractivity contribution in [1.29, 1.82) is 0 Å². The van der Waals surface area contributed by atoms with Gasteiger partial charge in [0.05, 0.1) is 5.39 Å². The van der Waals surface area contributed by atoms with Gasteiger partial charge in [-0.2, -0.15) is 4.98 Å². The van der Waals surface area contributed by atoms with Crippen molar-refractivity contribution in [3.8, 4) is 0 Å². The minimum absolute atomic E-state index is 0.360. The molecule has 1 saturated heterocycles. The predicted octanol–water partition coefficient (Wildman–Crippen LogP) is 5.37. The Kier molecular flexibility index (Phi) is 4.91. The first-order valence-corrected chi connectivity index (χ1v) is 10.2. The number of aromatic nitrogens is 2. The summed E-state index contributed by atoms with van der Waals surface area (Å²) in [6.07, 6.45) is 4.59. The van der Waals surface area contributed by atoms with Crippen molar-refractivity contribution in [2.45, 2.75) is 32.6 Å². The standard InChI is InChI=1S/C20H22ClN3S/c1-2-16-13-17-18(22-20(21)23-19(17)25-16)24-10-8-15(9-11-24)12-14-6-4-3-5-7-14/h3-7,13,15H,2,8-12H2,1H3. The molecule has 3 nitrogen and oxygen atoms in total. The highest BCUT2D eigenvalue weighted by molar-refractivity contribution is 7.18. The number of halogens is 1. The van der Waals surface area contributed by atoms with Gasteiger partial charge in [-0.3, -0.25) is 0 Å². The molecule has 0 aliphatic carbocycles. The Labute approximate surface area is 157 Å². The van der Waals surface area contributed by atoms with Crippen LogP contribution in [-0.4, -0.2) is 23.1 Å². The van der Waals surface area contributed by atoms with Crippen molar-refractivity contribution in [2.24, 2.45) is 5.92 Å². The van der Waals surface area contributed by atoms with Gasteiger partial charge in [-0.05, 0) is 54.8 Å². The van der Waals surface area contributed by atoms with Crippen LogP contribution in [0, 0.1) is 5.92 Å². The zero-order valence-corrected chi connectivity index (χ0v) is 16.0. The Bertz CT molecular complexity index is 854. The molecule has 2 aromatic heterocycles. The molecule has 0 atom stereocenters. The number of thiophene rings is 1. The molecule has 1 aliphatic heterocycles. The summed E-state index contributed by atoms with van der Waals surface area (Å²) in [5.41, 5.74) is 1.44. The van der Waals surface area contributed by atoms with Gasteiger partial charge in [-0.1, -0.05) is 37.3 Å². The fourth-order valence-electron chi connectivity index (χ4n) is 3.64. The third-order valence-corrected chi connectivity index (χ3v) is 6.37. The van der Waals surface area contributed by atoms with Crippen molar-refractivity contribution < 1.29 is 0 Å². The van der Waals surface area contributed by atoms with E-state index in [2.05, 4.69) is 58.2 Å². The largest absolute Gasteiger partial charge is 0.356 e. The number of rotatable bonds is 4. The number of aryl methyl sites for hydroxylation is 1. The molecule has 5 heteroatoms. The summed E-state index contributed by atoms with van der Waals surface area (Å²) in [5, 5.41) is 1.52. The Hall–Kier alpha value is -1.65. The van der Waals surface area contributed by atoms with E-state index in [0.29, 0.717) is 5.28 Å². The molecule has 1 aliphatic rings. The van der Waals surface area contributed by atoms with E-state index >= 15 is 0 Å². The van der Waals surface area contributed by atoms with Gasteiger partial charge in [0.2, 0.25) is 5.28 Å². The van der Waals surface area contributed by atoms with Crippen LogP contribution >= 0.6 is 22.9 Å². The Morgan fingerprint density at radius 2 is 1.92 bits per heavy atom. The van der Waals surface area contributed by atoms with E-state index in [4.69, 9.17) is 11.6 Å². The zero-order chi connectivity index (χ0) is 17.2. The summed E-state index contributed by atoms with van der Waals surface area (Å²) in [6, 6.07) is 13.1. The molecule has 1 aromatic carbocycles. The zero-order valence-electron chi connectivity index (χ0n) is 14.4. The van der Waals surface area contributed by atoms with Crippen LogP contribution in [-0.2, 0) is 12.8 Å². The van der Waals surface area contributed by atoms with E-state index in [1.165, 1.54) is 29.7 Å². The highest BCUT2D eigenvalue weighted by atomic mass is 35.5. The fraction of sp³-hybridized carbons (Fsp3) is 0.400. The van der Waals surface area contributed by atoms with Gasteiger partial charge in [0.25, 0.3) is 0 Å². The number of hydrogen-bond donors (Lipinski definition) is 0. The third kappa shape index (κ3) is 3.65. The maximum atomic E-state index is 6.19. The predicted molar refractivity (Wildman–Crippen MR) is 107 cm³/mol. The quantitative estimate of drug-likeness (QED) is 0.577. The van der Waals surface area contributed by atoms with Crippen molar-refractivity contribution >= 4 is 39.0 Å². The van der Waals surface area contributed by atoms with E-state index in [1.54, 1.807) is 11.3 Å². The van der Waals surface area contributed by atoms with E-state index < -0.39 is 0 Å². The molecule has 0 saturated carbocycles. The molecule has 25 heavy (non-hydrogen) atoms. The van der Waals surface area contributed by atoms with Gasteiger partial charge in [-0.25, -0.2) is 4.98 Å². The van der Waals surface area contributed by atoms with E-state index in [1.807, 2.05) is 0 Å². The monoisotopic (exact) mass is 371 g/mol. The van der Waals surface area contributed by atoms with Crippen LogP contribution < -0.4 is 4.90 Å². The van der Waals surface area contributed by atoms with Crippen molar-refractivity contribution in [3.05, 3.63) is 52.1 Å². The van der Waals surface area contributed by atoms with Crippen LogP contribution in [0.5, 0.6) is 0 Å². The number of fused-ring (bicyclic) bond motifs is 1. The van der Waals surface area contributed by atoms with Gasteiger partial charge in [0, 0.05) is 18.0 Å². The molecule has 3 heterocycles. The first-order chi connectivity index (χ1) is 12.2. The molecular weight excluding hydrogens is 350 g/mol. The normalized spacial score (nSPS) is 15.8. The van der Waals surface area contributed by atoms with E-state index in [-0.39, 0.29) is 0 Å². The molecule has 0 unspecified atom stereocenters. The lowest BCUT2D eigenvalue weighted by molar-refractivity contribution is 0.403. The van der Waals surface area contributed by atoms with Crippen LogP contribution in [0.4, 0.5) is 5.82 Å². The molecule has 1 fully saturated rings. The first-order valence-electron chi connectivity index (χ1n) is 8.97. The summed E-state index contributed by atoms with van der Waals surface area (Å²) in [7, 11) is 0. The molecular formula is C20H22ClN3S. The smallest absolute Gasteiger partial charge is 0.225 e. The summed E-state index contributed by atoms with van der Waals surface area (Å²) < 4.78 is 0. The number of hydrogen-bond acceptors (Lipinski definition) is 4. The van der Waals surface area contributed by atoms with Crippen LogP contribution in [0.2, 0.25) is 5.28 Å². The lowest BCUT2D eigenvalue weighted by atomic mass is 9.90. The van der Waals surface area contributed by atoms with Gasteiger partial charge >= 0.3 is 0 Å². The van der Waals surface area contributed by atoms with Gasteiger partial charge in [0.15, 0.2) is 0 Å². The minimum Gasteiger partial charge on any atom is -0.356 e. The molecule has 130 valence electrons. The second-order valence-electron chi connectivity index (χ2n) is 6.72. The first kappa shape index (κ1) is 16.8. The molecule has 0 bridgehead atoms. The second kappa shape index (κ2) is 7.30. The molecule has 0 radical (unpaired) electrons. The number of anilines is 1. The Balaban J connectivity index is 1.50. The number of piperidine rings is 1. The number of nitrogens with zero attached hydrogens (tertiary/aromatic N) is 3. The van der Waals surface area contributed by atoms with E-state index in [0.717, 1.165) is 41.5 Å². The molecule has 0 amide bonds. The highest BCUT2D eigenvalue weighted by Crippen LogP contribution is 2.34. The number of benzene rings is 1. The van der Waals surface area contributed by atoms with Crippen molar-refractivity contribution in [1.82, 2.24) is 9.97 Å². The Morgan fingerprint density at radius 1 is 1.16 bits per heavy atom. The summed E-state index contributed by atoms with van der Waals surface area (Å²) in [6.45, 7) is 4.25. The summed E-state index contributed by atoms with van der Waals surface area (Å²) in [4.78, 5) is 13.7. The van der Waals surface area contributed by atoms with Crippen LogP contribution in [0.1, 0.15) is 30.2 Å². The highest BCUT2D eigenvalue weighted by Gasteiger charge is 2.23. The minimum atomic E-state index is 0.360. The topological polar surface area (TPSA) is 29.0 Å². The Morgan fingerprint density at radius 3 is 2.64 bits per heavy atom. The lowest BCUT2D eigenvalue weighted by Gasteiger charge is -2.33. The van der Waals surface area contributed by atoms with Gasteiger partial charge < -0.3 is 4.90 Å². The molecule has 4 rings (SSSR count). The summed E-state index contributed by atoms with van der Waals surface area (Å²) in [5.74, 6) is 1.77. The van der Waals surface area contributed by atoms with Crippen molar-refractivity contribution in [3.63, 3.8) is 0 Å². The van der Waals surface area contributed by atoms with Crippen LogP contribution in [0.25, 0.3) is 10.2 Å².